The highest BCUT2D eigenvalue weighted by molar-refractivity contribution is 7.91. The number of rotatable bonds is 3. The molecule has 0 aromatic heterocycles. The van der Waals surface area contributed by atoms with E-state index < -0.39 is 9.84 Å². The molecule has 0 unspecified atom stereocenters. The third-order valence-electron chi connectivity index (χ3n) is 3.47. The minimum Gasteiger partial charge on any atom is -0.385 e. The Morgan fingerprint density at radius 2 is 1.95 bits per heavy atom. The van der Waals surface area contributed by atoms with Crippen molar-refractivity contribution >= 4 is 21.4 Å². The molecule has 6 heteroatoms. The fourth-order valence-corrected chi connectivity index (χ4v) is 3.50. The maximum Gasteiger partial charge on any atom is 0.254 e. The lowest BCUT2D eigenvalue weighted by Gasteiger charge is -2.27. The number of anilines is 1. The smallest absolute Gasteiger partial charge is 0.254 e. The SMILES string of the molecule is CCNc1ccc(C(=O)N2CCS(=O)(=O)CC2)c(C)c1. The van der Waals surface area contributed by atoms with Gasteiger partial charge in [0.05, 0.1) is 11.5 Å². The van der Waals surface area contributed by atoms with Crippen LogP contribution in [0.25, 0.3) is 0 Å². The molecule has 1 N–H and O–H groups in total. The number of nitrogens with zero attached hydrogens (tertiary/aromatic N) is 1. The molecule has 1 heterocycles. The van der Waals surface area contributed by atoms with E-state index in [1.165, 1.54) is 0 Å². The minimum absolute atomic E-state index is 0.0628. The summed E-state index contributed by atoms with van der Waals surface area (Å²) < 4.78 is 22.8. The predicted octanol–water partition coefficient (Wildman–Crippen LogP) is 1.30. The summed E-state index contributed by atoms with van der Waals surface area (Å²) in [5, 5.41) is 3.20. The van der Waals surface area contributed by atoms with Crippen LogP contribution in [0.3, 0.4) is 0 Å². The minimum atomic E-state index is -2.96. The molecule has 0 spiro atoms. The van der Waals surface area contributed by atoms with Gasteiger partial charge in [-0.1, -0.05) is 0 Å². The number of aryl methyl sites for hydroxylation is 1. The van der Waals surface area contributed by atoms with Gasteiger partial charge in [0.15, 0.2) is 9.84 Å². The molecule has 0 radical (unpaired) electrons. The van der Waals surface area contributed by atoms with Crippen molar-refractivity contribution in [2.45, 2.75) is 13.8 Å². The van der Waals surface area contributed by atoms with Gasteiger partial charge in [0.2, 0.25) is 0 Å². The molecular formula is C14H20N2O3S. The molecule has 1 aliphatic heterocycles. The normalized spacial score (nSPS) is 17.8. The predicted molar refractivity (Wildman–Crippen MR) is 79.9 cm³/mol. The summed E-state index contributed by atoms with van der Waals surface area (Å²) in [5.74, 6) is 0.0426. The van der Waals surface area contributed by atoms with Gasteiger partial charge in [0.1, 0.15) is 0 Å². The summed E-state index contributed by atoms with van der Waals surface area (Å²) in [6, 6.07) is 5.63. The highest BCUT2D eigenvalue weighted by atomic mass is 32.2. The van der Waals surface area contributed by atoms with Crippen molar-refractivity contribution in [2.24, 2.45) is 0 Å². The standard InChI is InChI=1S/C14H20N2O3S/c1-3-15-12-4-5-13(11(2)10-12)14(17)16-6-8-20(18,19)9-7-16/h4-5,10,15H,3,6-9H2,1-2H3. The van der Waals surface area contributed by atoms with Crippen LogP contribution in [0, 0.1) is 6.92 Å². The van der Waals surface area contributed by atoms with Crippen molar-refractivity contribution in [3.05, 3.63) is 29.3 Å². The third kappa shape index (κ3) is 3.30. The lowest BCUT2D eigenvalue weighted by Crippen LogP contribution is -2.43. The fraction of sp³-hybridized carbons (Fsp3) is 0.500. The maximum absolute atomic E-state index is 12.4. The number of carbonyl (C=O) groups is 1. The average molecular weight is 296 g/mol. The topological polar surface area (TPSA) is 66.5 Å². The first-order chi connectivity index (χ1) is 9.43. The average Bonchev–Trinajstić information content (AvgIpc) is 2.38. The summed E-state index contributed by atoms with van der Waals surface area (Å²) in [5.41, 5.74) is 2.54. The summed E-state index contributed by atoms with van der Waals surface area (Å²) in [4.78, 5) is 14.0. The second-order valence-electron chi connectivity index (χ2n) is 5.00. The van der Waals surface area contributed by atoms with Crippen LogP contribution in [0.4, 0.5) is 5.69 Å². The molecule has 1 aromatic rings. The Morgan fingerprint density at radius 1 is 1.30 bits per heavy atom. The highest BCUT2D eigenvalue weighted by Crippen LogP contribution is 2.18. The van der Waals surface area contributed by atoms with Crippen LogP contribution in [-0.2, 0) is 9.84 Å². The number of hydrogen-bond donors (Lipinski definition) is 1. The quantitative estimate of drug-likeness (QED) is 0.913. The molecule has 1 saturated heterocycles. The Balaban J connectivity index is 2.13. The van der Waals surface area contributed by atoms with Crippen LogP contribution < -0.4 is 5.32 Å². The Hall–Kier alpha value is -1.56. The van der Waals surface area contributed by atoms with Gasteiger partial charge < -0.3 is 10.2 Å². The van der Waals surface area contributed by atoms with Crippen molar-refractivity contribution in [1.29, 1.82) is 0 Å². The number of benzene rings is 1. The monoisotopic (exact) mass is 296 g/mol. The van der Waals surface area contributed by atoms with Gasteiger partial charge in [-0.05, 0) is 37.6 Å². The van der Waals surface area contributed by atoms with E-state index in [9.17, 15) is 13.2 Å². The van der Waals surface area contributed by atoms with E-state index in [0.29, 0.717) is 5.56 Å². The van der Waals surface area contributed by atoms with Gasteiger partial charge in [-0.25, -0.2) is 8.42 Å². The van der Waals surface area contributed by atoms with E-state index in [4.69, 9.17) is 0 Å². The lowest BCUT2D eigenvalue weighted by molar-refractivity contribution is 0.0769. The zero-order valence-electron chi connectivity index (χ0n) is 11.8. The van der Waals surface area contributed by atoms with Crippen LogP contribution in [-0.4, -0.2) is 50.4 Å². The van der Waals surface area contributed by atoms with E-state index in [1.54, 1.807) is 11.0 Å². The van der Waals surface area contributed by atoms with Gasteiger partial charge in [-0.3, -0.25) is 4.79 Å². The van der Waals surface area contributed by atoms with Crippen molar-refractivity contribution in [3.8, 4) is 0 Å². The molecule has 0 saturated carbocycles. The second-order valence-corrected chi connectivity index (χ2v) is 7.31. The van der Waals surface area contributed by atoms with Crippen LogP contribution in [0.2, 0.25) is 0 Å². The molecule has 5 nitrogen and oxygen atoms in total. The summed E-state index contributed by atoms with van der Waals surface area (Å²) in [6.07, 6.45) is 0. The lowest BCUT2D eigenvalue weighted by atomic mass is 10.1. The summed E-state index contributed by atoms with van der Waals surface area (Å²) in [6.45, 7) is 5.32. The molecular weight excluding hydrogens is 276 g/mol. The number of amides is 1. The number of hydrogen-bond acceptors (Lipinski definition) is 4. The Labute approximate surface area is 119 Å². The van der Waals surface area contributed by atoms with Crippen LogP contribution in [0.1, 0.15) is 22.8 Å². The molecule has 0 atom stereocenters. The molecule has 110 valence electrons. The molecule has 1 amide bonds. The summed E-state index contributed by atoms with van der Waals surface area (Å²) in [7, 11) is -2.96. The molecule has 2 rings (SSSR count). The first kappa shape index (κ1) is 14.8. The van der Waals surface area contributed by atoms with E-state index >= 15 is 0 Å². The van der Waals surface area contributed by atoms with E-state index in [1.807, 2.05) is 26.0 Å². The highest BCUT2D eigenvalue weighted by Gasteiger charge is 2.26. The molecule has 0 aliphatic carbocycles. The zero-order valence-corrected chi connectivity index (χ0v) is 12.7. The van der Waals surface area contributed by atoms with E-state index in [2.05, 4.69) is 5.32 Å². The van der Waals surface area contributed by atoms with Crippen molar-refractivity contribution < 1.29 is 13.2 Å². The number of nitrogens with one attached hydrogen (secondary N) is 1. The van der Waals surface area contributed by atoms with Gasteiger partial charge >= 0.3 is 0 Å². The van der Waals surface area contributed by atoms with Gasteiger partial charge in [-0.15, -0.1) is 0 Å². The first-order valence-electron chi connectivity index (χ1n) is 6.77. The van der Waals surface area contributed by atoms with Crippen molar-refractivity contribution in [2.75, 3.05) is 36.5 Å². The van der Waals surface area contributed by atoms with Gasteiger partial charge in [0.25, 0.3) is 5.91 Å². The maximum atomic E-state index is 12.4. The fourth-order valence-electron chi connectivity index (χ4n) is 2.30. The molecule has 1 aromatic carbocycles. The van der Waals surface area contributed by atoms with Crippen molar-refractivity contribution in [3.63, 3.8) is 0 Å². The Morgan fingerprint density at radius 3 is 2.50 bits per heavy atom. The van der Waals surface area contributed by atoms with Crippen LogP contribution in [0.5, 0.6) is 0 Å². The largest absolute Gasteiger partial charge is 0.385 e. The molecule has 0 bridgehead atoms. The van der Waals surface area contributed by atoms with Gasteiger partial charge in [-0.2, -0.15) is 0 Å². The van der Waals surface area contributed by atoms with E-state index in [-0.39, 0.29) is 30.5 Å². The van der Waals surface area contributed by atoms with Crippen LogP contribution in [0.15, 0.2) is 18.2 Å². The first-order valence-corrected chi connectivity index (χ1v) is 8.59. The van der Waals surface area contributed by atoms with Gasteiger partial charge in [0, 0.05) is 30.9 Å². The third-order valence-corrected chi connectivity index (χ3v) is 5.08. The molecule has 20 heavy (non-hydrogen) atoms. The summed E-state index contributed by atoms with van der Waals surface area (Å²) >= 11 is 0. The molecule has 1 fully saturated rings. The molecule has 1 aliphatic rings. The number of sulfone groups is 1. The zero-order chi connectivity index (χ0) is 14.8. The number of carbonyl (C=O) groups excluding carboxylic acids is 1. The van der Waals surface area contributed by atoms with E-state index in [0.717, 1.165) is 17.8 Å². The Bertz CT molecular complexity index is 597. The van der Waals surface area contributed by atoms with Crippen molar-refractivity contribution in [1.82, 2.24) is 4.90 Å². The Kier molecular flexibility index (Phi) is 4.32. The second kappa shape index (κ2) is 5.83. The van der Waals surface area contributed by atoms with Crippen LogP contribution >= 0.6 is 0 Å².